The molecule has 0 aliphatic carbocycles. The second-order valence-electron chi connectivity index (χ2n) is 5.48. The maximum absolute atomic E-state index is 13.2. The number of hydrogen-bond donors (Lipinski definition) is 0. The maximum atomic E-state index is 13.2. The number of benzene rings is 1. The molecule has 1 aliphatic heterocycles. The van der Waals surface area contributed by atoms with Crippen molar-refractivity contribution in [2.24, 2.45) is 4.99 Å². The molecule has 1 aromatic carbocycles. The summed E-state index contributed by atoms with van der Waals surface area (Å²) in [7, 11) is 0. The minimum atomic E-state index is -0.321. The smallest absolute Gasteiger partial charge is 0.267 e. The lowest BCUT2D eigenvalue weighted by Crippen LogP contribution is -2.29. The van der Waals surface area contributed by atoms with Crippen LogP contribution in [0.3, 0.4) is 0 Å². The number of amides is 1. The zero-order valence-electron chi connectivity index (χ0n) is 13.9. The molecule has 0 unspecified atom stereocenters. The Kier molecular flexibility index (Phi) is 5.54. The summed E-state index contributed by atoms with van der Waals surface area (Å²) in [4.78, 5) is 23.4. The molecule has 1 aromatic heterocycles. The van der Waals surface area contributed by atoms with Gasteiger partial charge in [-0.3, -0.25) is 9.69 Å². The molecule has 4 nitrogen and oxygen atoms in total. The molecule has 0 atom stereocenters. The van der Waals surface area contributed by atoms with Crippen LogP contribution in [-0.2, 0) is 4.79 Å². The van der Waals surface area contributed by atoms with Gasteiger partial charge in [0.1, 0.15) is 11.5 Å². The molecule has 0 radical (unpaired) electrons. The molecular weight excluding hydrogens is 373 g/mol. The van der Waals surface area contributed by atoms with Crippen LogP contribution < -0.4 is 0 Å². The fourth-order valence-corrected chi connectivity index (χ4v) is 3.63. The number of carbonyl (C=O) groups excluding carboxylic acids is 1. The van der Waals surface area contributed by atoms with Gasteiger partial charge >= 0.3 is 0 Å². The average molecular weight is 388 g/mol. The summed E-state index contributed by atoms with van der Waals surface area (Å²) in [5.41, 5.74) is 2.03. The van der Waals surface area contributed by atoms with Gasteiger partial charge in [0, 0.05) is 12.7 Å². The van der Waals surface area contributed by atoms with Gasteiger partial charge in [-0.1, -0.05) is 29.8 Å². The topological polar surface area (TPSA) is 45.6 Å². The van der Waals surface area contributed by atoms with Crippen molar-refractivity contribution in [1.29, 1.82) is 0 Å². The standard InChI is InChI=1S/C19H15ClFN3OS/c1-3-11-24-18(25)16(12(2)13-6-8-14(21)9-7-13)26-19(24)23-15-5-4-10-22-17(15)20/h3-10H,1,11H2,2H3/b16-12-,23-19?. The van der Waals surface area contributed by atoms with Crippen molar-refractivity contribution >= 4 is 45.7 Å². The lowest BCUT2D eigenvalue weighted by atomic mass is 10.1. The molecule has 132 valence electrons. The second-order valence-corrected chi connectivity index (χ2v) is 6.81. The zero-order chi connectivity index (χ0) is 18.7. The fraction of sp³-hybridized carbons (Fsp3) is 0.105. The van der Waals surface area contributed by atoms with Crippen molar-refractivity contribution < 1.29 is 9.18 Å². The number of amidine groups is 1. The largest absolute Gasteiger partial charge is 0.283 e. The van der Waals surface area contributed by atoms with Gasteiger partial charge in [-0.15, -0.1) is 6.58 Å². The van der Waals surface area contributed by atoms with Gasteiger partial charge in [-0.2, -0.15) is 0 Å². The first-order valence-corrected chi connectivity index (χ1v) is 8.97. The average Bonchev–Trinajstić information content (AvgIpc) is 2.94. The number of allylic oxidation sites excluding steroid dienone is 1. The second kappa shape index (κ2) is 7.85. The van der Waals surface area contributed by atoms with Crippen LogP contribution in [0.2, 0.25) is 5.15 Å². The Hall–Kier alpha value is -2.44. The Bertz CT molecular complexity index is 925. The Morgan fingerprint density at radius 3 is 2.77 bits per heavy atom. The van der Waals surface area contributed by atoms with Crippen molar-refractivity contribution in [3.63, 3.8) is 0 Å². The van der Waals surface area contributed by atoms with Crippen molar-refractivity contribution in [3.8, 4) is 0 Å². The van der Waals surface area contributed by atoms with Gasteiger partial charge in [0.25, 0.3) is 5.91 Å². The monoisotopic (exact) mass is 387 g/mol. The number of rotatable bonds is 4. The van der Waals surface area contributed by atoms with Crippen LogP contribution in [-0.4, -0.2) is 27.5 Å². The van der Waals surface area contributed by atoms with E-state index < -0.39 is 0 Å². The lowest BCUT2D eigenvalue weighted by molar-refractivity contribution is -0.121. The molecule has 0 saturated carbocycles. The minimum Gasteiger partial charge on any atom is -0.283 e. The summed E-state index contributed by atoms with van der Waals surface area (Å²) in [6, 6.07) is 9.50. The number of halogens is 2. The van der Waals surface area contributed by atoms with Crippen molar-refractivity contribution in [3.05, 3.63) is 76.7 Å². The summed E-state index contributed by atoms with van der Waals surface area (Å²) in [5.74, 6) is -0.491. The van der Waals surface area contributed by atoms with E-state index in [1.807, 2.05) is 6.92 Å². The Morgan fingerprint density at radius 1 is 1.38 bits per heavy atom. The molecule has 26 heavy (non-hydrogen) atoms. The predicted molar refractivity (Wildman–Crippen MR) is 105 cm³/mol. The Labute approximate surface area is 160 Å². The van der Waals surface area contributed by atoms with Crippen molar-refractivity contribution in [2.45, 2.75) is 6.92 Å². The van der Waals surface area contributed by atoms with Crippen LogP contribution >= 0.6 is 23.4 Å². The molecule has 2 heterocycles. The van der Waals surface area contributed by atoms with Crippen LogP contribution in [0.4, 0.5) is 10.1 Å². The Morgan fingerprint density at radius 2 is 2.12 bits per heavy atom. The van der Waals surface area contributed by atoms with Gasteiger partial charge in [-0.05, 0) is 54.1 Å². The van der Waals surface area contributed by atoms with Crippen LogP contribution in [0.1, 0.15) is 12.5 Å². The maximum Gasteiger partial charge on any atom is 0.267 e. The molecule has 1 fully saturated rings. The number of aliphatic imine (C=N–C) groups is 1. The third kappa shape index (κ3) is 3.71. The normalized spacial score (nSPS) is 17.7. The number of thioether (sulfide) groups is 1. The van der Waals surface area contributed by atoms with E-state index in [1.165, 1.54) is 28.8 Å². The molecule has 7 heteroatoms. The van der Waals surface area contributed by atoms with E-state index in [2.05, 4.69) is 16.6 Å². The highest BCUT2D eigenvalue weighted by Crippen LogP contribution is 2.38. The zero-order valence-corrected chi connectivity index (χ0v) is 15.5. The number of hydrogen-bond acceptors (Lipinski definition) is 4. The highest BCUT2D eigenvalue weighted by molar-refractivity contribution is 8.18. The van der Waals surface area contributed by atoms with Gasteiger partial charge in [-0.25, -0.2) is 14.4 Å². The quantitative estimate of drug-likeness (QED) is 0.418. The van der Waals surface area contributed by atoms with Crippen LogP contribution in [0.15, 0.2) is 65.1 Å². The van der Waals surface area contributed by atoms with E-state index in [4.69, 9.17) is 11.6 Å². The molecule has 2 aromatic rings. The molecule has 3 rings (SSSR count). The highest BCUT2D eigenvalue weighted by Gasteiger charge is 2.34. The predicted octanol–water partition coefficient (Wildman–Crippen LogP) is 5.05. The Balaban J connectivity index is 2.03. The third-order valence-corrected chi connectivity index (χ3v) is 5.22. The number of pyridine rings is 1. The molecule has 1 saturated heterocycles. The molecule has 0 bridgehead atoms. The van der Waals surface area contributed by atoms with E-state index >= 15 is 0 Å². The summed E-state index contributed by atoms with van der Waals surface area (Å²) in [6.45, 7) is 5.86. The van der Waals surface area contributed by atoms with Crippen LogP contribution in [0.25, 0.3) is 5.57 Å². The summed E-state index contributed by atoms with van der Waals surface area (Å²) < 4.78 is 13.2. The van der Waals surface area contributed by atoms with Gasteiger partial charge in [0.2, 0.25) is 0 Å². The van der Waals surface area contributed by atoms with E-state index in [0.29, 0.717) is 22.3 Å². The van der Waals surface area contributed by atoms with Crippen LogP contribution in [0.5, 0.6) is 0 Å². The van der Waals surface area contributed by atoms with Crippen LogP contribution in [0, 0.1) is 5.82 Å². The van der Waals surface area contributed by atoms with Gasteiger partial charge in [0.15, 0.2) is 10.3 Å². The lowest BCUT2D eigenvalue weighted by Gasteiger charge is -2.12. The highest BCUT2D eigenvalue weighted by atomic mass is 35.5. The summed E-state index contributed by atoms with van der Waals surface area (Å²) in [5, 5.41) is 0.764. The molecular formula is C19H15ClFN3OS. The van der Waals surface area contributed by atoms with E-state index in [9.17, 15) is 9.18 Å². The minimum absolute atomic E-state index is 0.171. The van der Waals surface area contributed by atoms with E-state index in [0.717, 1.165) is 11.1 Å². The fourth-order valence-electron chi connectivity index (χ4n) is 2.40. The van der Waals surface area contributed by atoms with Gasteiger partial charge < -0.3 is 0 Å². The summed E-state index contributed by atoms with van der Waals surface area (Å²) >= 11 is 7.33. The van der Waals surface area contributed by atoms with E-state index in [1.54, 1.807) is 36.5 Å². The van der Waals surface area contributed by atoms with Gasteiger partial charge in [0.05, 0.1) is 4.91 Å². The molecule has 0 spiro atoms. The first kappa shape index (κ1) is 18.4. The number of aromatic nitrogens is 1. The van der Waals surface area contributed by atoms with Crippen molar-refractivity contribution in [2.75, 3.05) is 6.54 Å². The molecule has 0 N–H and O–H groups in total. The first-order valence-electron chi connectivity index (χ1n) is 7.78. The summed E-state index contributed by atoms with van der Waals surface area (Å²) in [6.07, 6.45) is 3.21. The first-order chi connectivity index (χ1) is 12.5. The molecule has 1 aliphatic rings. The number of nitrogens with zero attached hydrogens (tertiary/aromatic N) is 3. The SMILES string of the molecule is C=CCN1C(=O)/C(=C(\C)c2ccc(F)cc2)SC1=Nc1cccnc1Cl. The number of carbonyl (C=O) groups is 1. The third-order valence-electron chi connectivity index (χ3n) is 3.75. The molecule has 1 amide bonds. The van der Waals surface area contributed by atoms with Crippen molar-refractivity contribution in [1.82, 2.24) is 9.88 Å². The van der Waals surface area contributed by atoms with E-state index in [-0.39, 0.29) is 16.9 Å².